The third kappa shape index (κ3) is 5.27. The maximum absolute atomic E-state index is 12.3. The molecule has 0 saturated heterocycles. The molecule has 0 heterocycles. The van der Waals surface area contributed by atoms with Gasteiger partial charge >= 0.3 is 0 Å². The first-order valence-electron chi connectivity index (χ1n) is 7.51. The Kier molecular flexibility index (Phi) is 7.02. The van der Waals surface area contributed by atoms with Crippen LogP contribution in [0.25, 0.3) is 0 Å². The molecule has 1 aromatic rings. The summed E-state index contributed by atoms with van der Waals surface area (Å²) in [5.41, 5.74) is 0.543. The fraction of sp³-hybridized carbons (Fsp3) is 0.562. The van der Waals surface area contributed by atoms with E-state index in [1.54, 1.807) is 0 Å². The van der Waals surface area contributed by atoms with Crippen molar-refractivity contribution in [1.82, 2.24) is 4.90 Å². The van der Waals surface area contributed by atoms with Crippen molar-refractivity contribution in [2.24, 2.45) is 0 Å². The highest BCUT2D eigenvalue weighted by atomic mass is 16.6. The largest absolute Gasteiger partial charge is 0.293 e. The van der Waals surface area contributed by atoms with E-state index >= 15 is 0 Å². The summed E-state index contributed by atoms with van der Waals surface area (Å²) in [7, 11) is 0. The summed E-state index contributed by atoms with van der Waals surface area (Å²) in [6, 6.07) is 6.20. The van der Waals surface area contributed by atoms with Crippen molar-refractivity contribution in [2.45, 2.75) is 46.1 Å². The van der Waals surface area contributed by atoms with Gasteiger partial charge in [-0.3, -0.25) is 19.8 Å². The van der Waals surface area contributed by atoms with Crippen LogP contribution in [-0.2, 0) is 0 Å². The number of benzene rings is 1. The number of Topliss-reactive ketones (excluding diaryl/α,β-unsaturated/α-hetero) is 1. The third-order valence-corrected chi connectivity index (χ3v) is 3.76. The number of non-ortho nitro benzene ring substituents is 1. The van der Waals surface area contributed by atoms with Crippen LogP contribution in [0.4, 0.5) is 5.69 Å². The van der Waals surface area contributed by atoms with E-state index in [4.69, 9.17) is 0 Å². The van der Waals surface area contributed by atoms with Gasteiger partial charge < -0.3 is 0 Å². The first kappa shape index (κ1) is 17.3. The van der Waals surface area contributed by atoms with Gasteiger partial charge in [0.25, 0.3) is 5.69 Å². The lowest BCUT2D eigenvalue weighted by Gasteiger charge is -2.27. The molecular formula is C16H24N2O3. The summed E-state index contributed by atoms with van der Waals surface area (Å²) in [4.78, 5) is 24.7. The zero-order valence-corrected chi connectivity index (χ0v) is 13.0. The summed E-state index contributed by atoms with van der Waals surface area (Å²) < 4.78 is 0. The Morgan fingerprint density at radius 1 is 1.29 bits per heavy atom. The fourth-order valence-electron chi connectivity index (χ4n) is 2.12. The van der Waals surface area contributed by atoms with Gasteiger partial charge in [-0.15, -0.1) is 0 Å². The molecule has 0 aromatic heterocycles. The van der Waals surface area contributed by atoms with Crippen LogP contribution in [0.2, 0.25) is 0 Å². The Bertz CT molecular complexity index is 471. The van der Waals surface area contributed by atoms with Crippen LogP contribution in [0.5, 0.6) is 0 Å². The van der Waals surface area contributed by atoms with Gasteiger partial charge in [-0.05, 0) is 38.4 Å². The lowest BCUT2D eigenvalue weighted by molar-refractivity contribution is -0.384. The molecule has 1 rings (SSSR count). The number of carbonyl (C=O) groups is 1. The molecule has 116 valence electrons. The minimum Gasteiger partial charge on any atom is -0.293 e. The molecule has 1 unspecified atom stereocenters. The molecule has 1 atom stereocenters. The Hall–Kier alpha value is -1.75. The first-order valence-corrected chi connectivity index (χ1v) is 7.51. The number of ketones is 1. The summed E-state index contributed by atoms with van der Waals surface area (Å²) in [5, 5.41) is 10.6. The first-order chi connectivity index (χ1) is 9.99. The Morgan fingerprint density at radius 2 is 1.90 bits per heavy atom. The van der Waals surface area contributed by atoms with E-state index < -0.39 is 4.92 Å². The van der Waals surface area contributed by atoms with Gasteiger partial charge in [0.15, 0.2) is 5.78 Å². The molecule has 0 N–H and O–H groups in total. The van der Waals surface area contributed by atoms with E-state index in [9.17, 15) is 14.9 Å². The molecule has 1 aromatic carbocycles. The van der Waals surface area contributed by atoms with Crippen LogP contribution < -0.4 is 0 Å². The second kappa shape index (κ2) is 8.52. The van der Waals surface area contributed by atoms with E-state index in [-0.39, 0.29) is 11.5 Å². The smallest absolute Gasteiger partial charge is 0.269 e. The van der Waals surface area contributed by atoms with Crippen LogP contribution in [0, 0.1) is 10.1 Å². The predicted octanol–water partition coefficient (Wildman–Crippen LogP) is 3.68. The Balaban J connectivity index is 2.73. The van der Waals surface area contributed by atoms with Crippen LogP contribution in [0.3, 0.4) is 0 Å². The second-order valence-corrected chi connectivity index (χ2v) is 5.31. The molecule has 0 saturated carbocycles. The molecule has 0 radical (unpaired) electrons. The molecule has 0 spiro atoms. The standard InChI is InChI=1S/C16H24N2O3/c1-4-6-11-17(13(3)5-2)12-16(19)14-7-9-15(10-8-14)18(20)21/h7-10,13H,4-6,11-12H2,1-3H3. The minimum atomic E-state index is -0.457. The van der Waals surface area contributed by atoms with Crippen LogP contribution in [0.15, 0.2) is 24.3 Å². The van der Waals surface area contributed by atoms with Gasteiger partial charge in [0.1, 0.15) is 0 Å². The van der Waals surface area contributed by atoms with E-state index in [1.807, 2.05) is 0 Å². The minimum absolute atomic E-state index is 0.0105. The SMILES string of the molecule is CCCCN(CC(=O)c1ccc([N+](=O)[O-])cc1)C(C)CC. The normalized spacial score (nSPS) is 12.4. The van der Waals surface area contributed by atoms with E-state index in [0.29, 0.717) is 18.2 Å². The summed E-state index contributed by atoms with van der Waals surface area (Å²) in [6.07, 6.45) is 3.16. The molecule has 0 fully saturated rings. The highest BCUT2D eigenvalue weighted by Crippen LogP contribution is 2.14. The number of nitro benzene ring substituents is 1. The van der Waals surface area contributed by atoms with Gasteiger partial charge in [0, 0.05) is 23.7 Å². The van der Waals surface area contributed by atoms with Crippen LogP contribution in [-0.4, -0.2) is 34.7 Å². The molecule has 5 heteroatoms. The molecule has 5 nitrogen and oxygen atoms in total. The zero-order valence-electron chi connectivity index (χ0n) is 13.0. The van der Waals surface area contributed by atoms with Gasteiger partial charge in [-0.25, -0.2) is 0 Å². The van der Waals surface area contributed by atoms with Gasteiger partial charge in [0.2, 0.25) is 0 Å². The number of hydrogen-bond acceptors (Lipinski definition) is 4. The lowest BCUT2D eigenvalue weighted by Crippen LogP contribution is -2.37. The van der Waals surface area contributed by atoms with Gasteiger partial charge in [-0.2, -0.15) is 0 Å². The van der Waals surface area contributed by atoms with Crippen molar-refractivity contribution >= 4 is 11.5 Å². The number of nitro groups is 1. The third-order valence-electron chi connectivity index (χ3n) is 3.76. The van der Waals surface area contributed by atoms with Crippen molar-refractivity contribution in [1.29, 1.82) is 0 Å². The highest BCUT2D eigenvalue weighted by molar-refractivity contribution is 5.97. The van der Waals surface area contributed by atoms with E-state index in [1.165, 1.54) is 24.3 Å². The molecule has 0 aliphatic carbocycles. The van der Waals surface area contributed by atoms with Crippen LogP contribution in [0.1, 0.15) is 50.4 Å². The lowest BCUT2D eigenvalue weighted by atomic mass is 10.1. The van der Waals surface area contributed by atoms with E-state index in [0.717, 1.165) is 25.8 Å². The van der Waals surface area contributed by atoms with Crippen LogP contribution >= 0.6 is 0 Å². The zero-order chi connectivity index (χ0) is 15.8. The second-order valence-electron chi connectivity index (χ2n) is 5.31. The van der Waals surface area contributed by atoms with Crippen molar-refractivity contribution in [3.63, 3.8) is 0 Å². The monoisotopic (exact) mass is 292 g/mol. The summed E-state index contributed by atoms with van der Waals surface area (Å²) in [5.74, 6) is 0.0151. The highest BCUT2D eigenvalue weighted by Gasteiger charge is 2.17. The quantitative estimate of drug-likeness (QED) is 0.395. The molecular weight excluding hydrogens is 268 g/mol. The number of unbranched alkanes of at least 4 members (excludes halogenated alkanes) is 1. The average molecular weight is 292 g/mol. The maximum atomic E-state index is 12.3. The molecule has 0 aliphatic rings. The fourth-order valence-corrected chi connectivity index (χ4v) is 2.12. The molecule has 0 aliphatic heterocycles. The number of nitrogens with zero attached hydrogens (tertiary/aromatic N) is 2. The maximum Gasteiger partial charge on any atom is 0.269 e. The predicted molar refractivity (Wildman–Crippen MR) is 83.7 cm³/mol. The number of rotatable bonds is 9. The van der Waals surface area contributed by atoms with Crippen molar-refractivity contribution < 1.29 is 9.72 Å². The Morgan fingerprint density at radius 3 is 2.38 bits per heavy atom. The van der Waals surface area contributed by atoms with Gasteiger partial charge in [0.05, 0.1) is 11.5 Å². The van der Waals surface area contributed by atoms with Crippen molar-refractivity contribution in [3.8, 4) is 0 Å². The molecule has 0 bridgehead atoms. The Labute approximate surface area is 126 Å². The van der Waals surface area contributed by atoms with E-state index in [2.05, 4.69) is 25.7 Å². The summed E-state index contributed by atoms with van der Waals surface area (Å²) >= 11 is 0. The van der Waals surface area contributed by atoms with Crippen molar-refractivity contribution in [2.75, 3.05) is 13.1 Å². The van der Waals surface area contributed by atoms with Gasteiger partial charge in [-0.1, -0.05) is 20.3 Å². The number of hydrogen-bond donors (Lipinski definition) is 0. The average Bonchev–Trinajstić information content (AvgIpc) is 2.50. The summed E-state index contributed by atoms with van der Waals surface area (Å²) in [6.45, 7) is 7.64. The van der Waals surface area contributed by atoms with Crippen molar-refractivity contribution in [3.05, 3.63) is 39.9 Å². The molecule has 0 amide bonds. The number of carbonyl (C=O) groups excluding carboxylic acids is 1. The topological polar surface area (TPSA) is 63.5 Å². The molecule has 21 heavy (non-hydrogen) atoms.